The Morgan fingerprint density at radius 2 is 1.73 bits per heavy atom. The van der Waals surface area contributed by atoms with E-state index in [1.54, 1.807) is 0 Å². The molecule has 0 bridgehead atoms. The van der Waals surface area contributed by atoms with Crippen LogP contribution in [-0.2, 0) is 0 Å². The van der Waals surface area contributed by atoms with Crippen molar-refractivity contribution in [1.29, 1.82) is 0 Å². The van der Waals surface area contributed by atoms with Gasteiger partial charge < -0.3 is 20.1 Å². The van der Waals surface area contributed by atoms with E-state index in [9.17, 15) is 0 Å². The third kappa shape index (κ3) is 5.12. The summed E-state index contributed by atoms with van der Waals surface area (Å²) in [5.74, 6) is 0. The van der Waals surface area contributed by atoms with Crippen LogP contribution in [0.3, 0.4) is 0 Å². The Bertz CT molecular complexity index is 1380. The molecule has 1 aliphatic rings. The fourth-order valence-electron chi connectivity index (χ4n) is 5.44. The second-order valence-electron chi connectivity index (χ2n) is 9.92. The Hall–Kier alpha value is -3.64. The van der Waals surface area contributed by atoms with Crippen LogP contribution in [0.4, 0.5) is 5.69 Å². The summed E-state index contributed by atoms with van der Waals surface area (Å²) in [6, 6.07) is 25.5. The maximum absolute atomic E-state index is 5.91. The van der Waals surface area contributed by atoms with Crippen LogP contribution in [0.1, 0.15) is 52.3 Å². The molecule has 5 nitrogen and oxygen atoms in total. The molecule has 2 aromatic carbocycles. The van der Waals surface area contributed by atoms with E-state index >= 15 is 0 Å². The summed E-state index contributed by atoms with van der Waals surface area (Å²) in [5, 5.41) is 7.93. The van der Waals surface area contributed by atoms with Crippen LogP contribution in [0.25, 0.3) is 5.69 Å². The highest BCUT2D eigenvalue weighted by atomic mass is 32.1. The maximum Gasteiger partial charge on any atom is 0.170 e. The third-order valence-electron chi connectivity index (χ3n) is 7.27. The molecule has 3 heterocycles. The van der Waals surface area contributed by atoms with Crippen molar-refractivity contribution in [1.82, 2.24) is 19.8 Å². The fraction of sp³-hybridized carbons (Fsp3) is 0.290. The van der Waals surface area contributed by atoms with Crippen LogP contribution < -0.4 is 10.6 Å². The van der Waals surface area contributed by atoms with Gasteiger partial charge in [-0.15, -0.1) is 0 Å². The summed E-state index contributed by atoms with van der Waals surface area (Å²) in [6.45, 7) is 10.5. The van der Waals surface area contributed by atoms with Crippen LogP contribution in [0.5, 0.6) is 0 Å². The Balaban J connectivity index is 1.48. The summed E-state index contributed by atoms with van der Waals surface area (Å²) in [6.07, 6.45) is 2.83. The quantitative estimate of drug-likeness (QED) is 0.207. The average Bonchev–Trinajstić information content (AvgIpc) is 3.39. The second kappa shape index (κ2) is 10.8. The van der Waals surface area contributed by atoms with Crippen molar-refractivity contribution in [3.8, 4) is 5.69 Å². The normalized spacial score (nSPS) is 17.2. The van der Waals surface area contributed by atoms with Gasteiger partial charge in [-0.1, -0.05) is 36.4 Å². The van der Waals surface area contributed by atoms with E-state index in [2.05, 4.69) is 108 Å². The number of rotatable bonds is 8. The molecule has 0 radical (unpaired) electrons. The minimum Gasteiger partial charge on any atom is -0.385 e. The lowest BCUT2D eigenvalue weighted by molar-refractivity contribution is 0.315. The van der Waals surface area contributed by atoms with Crippen LogP contribution >= 0.6 is 12.2 Å². The molecule has 2 aromatic heterocycles. The predicted octanol–water partition coefficient (Wildman–Crippen LogP) is 6.58. The lowest BCUT2D eigenvalue weighted by Gasteiger charge is -2.28. The van der Waals surface area contributed by atoms with Crippen LogP contribution in [0, 0.1) is 27.7 Å². The number of aryl methyl sites for hydroxylation is 3. The largest absolute Gasteiger partial charge is 0.385 e. The lowest BCUT2D eigenvalue weighted by atomic mass is 9.96. The van der Waals surface area contributed by atoms with Gasteiger partial charge in [0.15, 0.2) is 5.11 Å². The van der Waals surface area contributed by atoms with Gasteiger partial charge in [-0.25, -0.2) is 0 Å². The van der Waals surface area contributed by atoms with Gasteiger partial charge in [0, 0.05) is 42.0 Å². The minimum atomic E-state index is -0.0108. The second-order valence-corrected chi connectivity index (χ2v) is 10.3. The van der Waals surface area contributed by atoms with E-state index in [1.807, 2.05) is 18.3 Å². The molecule has 4 aromatic rings. The SMILES string of the molecule is Cc1ccc(C)c(-n2c(C)cc([C@H]3[C@@H](c4ccccn4)NC(=S)N3CCCNc3ccccc3)c2C)c1. The maximum atomic E-state index is 5.91. The number of benzene rings is 2. The Kier molecular flexibility index (Phi) is 7.28. The molecule has 5 rings (SSSR count). The molecule has 0 saturated carbocycles. The number of nitrogens with one attached hydrogen (secondary N) is 2. The Morgan fingerprint density at radius 3 is 2.49 bits per heavy atom. The van der Waals surface area contributed by atoms with Gasteiger partial charge in [0.05, 0.1) is 17.8 Å². The van der Waals surface area contributed by atoms with E-state index in [0.29, 0.717) is 0 Å². The molecule has 2 N–H and O–H groups in total. The van der Waals surface area contributed by atoms with E-state index < -0.39 is 0 Å². The zero-order chi connectivity index (χ0) is 25.9. The molecule has 37 heavy (non-hydrogen) atoms. The van der Waals surface area contributed by atoms with Crippen molar-refractivity contribution in [2.45, 2.75) is 46.2 Å². The standard InChI is InChI=1S/C31H35N5S/c1-21-14-15-22(2)28(19-21)36-23(3)20-26(24(36)4)30-29(27-13-8-9-16-33-27)34-31(37)35(30)18-10-17-32-25-11-6-5-7-12-25/h5-9,11-16,19-20,29-30,32H,10,17-18H2,1-4H3,(H,34,37)/t29-,30+/m1/s1. The number of pyridine rings is 1. The highest BCUT2D eigenvalue weighted by Gasteiger charge is 2.41. The first-order valence-electron chi connectivity index (χ1n) is 13.0. The molecule has 1 fully saturated rings. The minimum absolute atomic E-state index is 0.0108. The number of thiocarbonyl (C=S) groups is 1. The van der Waals surface area contributed by atoms with Crippen molar-refractivity contribution in [3.63, 3.8) is 0 Å². The van der Waals surface area contributed by atoms with Gasteiger partial charge >= 0.3 is 0 Å². The van der Waals surface area contributed by atoms with Gasteiger partial charge in [0.25, 0.3) is 0 Å². The summed E-state index contributed by atoms with van der Waals surface area (Å²) in [7, 11) is 0. The van der Waals surface area contributed by atoms with Gasteiger partial charge in [-0.3, -0.25) is 4.98 Å². The molecule has 190 valence electrons. The number of hydrogen-bond acceptors (Lipinski definition) is 3. The first-order valence-corrected chi connectivity index (χ1v) is 13.4. The Morgan fingerprint density at radius 1 is 0.946 bits per heavy atom. The van der Waals surface area contributed by atoms with Gasteiger partial charge in [-0.2, -0.15) is 0 Å². The van der Waals surface area contributed by atoms with Crippen molar-refractivity contribution in [2.75, 3.05) is 18.4 Å². The molecule has 0 amide bonds. The van der Waals surface area contributed by atoms with Crippen molar-refractivity contribution < 1.29 is 0 Å². The zero-order valence-corrected chi connectivity index (χ0v) is 22.8. The van der Waals surface area contributed by atoms with Crippen LogP contribution in [0.15, 0.2) is 79.0 Å². The fourth-order valence-corrected chi connectivity index (χ4v) is 5.77. The smallest absolute Gasteiger partial charge is 0.170 e. The number of hydrogen-bond donors (Lipinski definition) is 2. The molecule has 0 unspecified atom stereocenters. The third-order valence-corrected chi connectivity index (χ3v) is 7.62. The molecule has 1 saturated heterocycles. The predicted molar refractivity (Wildman–Crippen MR) is 156 cm³/mol. The monoisotopic (exact) mass is 509 g/mol. The molecule has 2 atom stereocenters. The molecule has 6 heteroatoms. The molecular weight excluding hydrogens is 474 g/mol. The van der Waals surface area contributed by atoms with E-state index in [-0.39, 0.29) is 12.1 Å². The summed E-state index contributed by atoms with van der Waals surface area (Å²) in [5.41, 5.74) is 9.68. The van der Waals surface area contributed by atoms with Crippen molar-refractivity contribution in [3.05, 3.63) is 113 Å². The first-order chi connectivity index (χ1) is 17.9. The van der Waals surface area contributed by atoms with Gasteiger partial charge in [0.2, 0.25) is 0 Å². The van der Waals surface area contributed by atoms with Crippen molar-refractivity contribution >= 4 is 23.0 Å². The number of para-hydroxylation sites is 1. The van der Waals surface area contributed by atoms with E-state index in [1.165, 1.54) is 33.8 Å². The Labute approximate surface area is 225 Å². The summed E-state index contributed by atoms with van der Waals surface area (Å²) < 4.78 is 2.39. The highest BCUT2D eigenvalue weighted by Crippen LogP contribution is 2.41. The van der Waals surface area contributed by atoms with Crippen LogP contribution in [0.2, 0.25) is 0 Å². The van der Waals surface area contributed by atoms with E-state index in [4.69, 9.17) is 17.2 Å². The first kappa shape index (κ1) is 25.0. The average molecular weight is 510 g/mol. The highest BCUT2D eigenvalue weighted by molar-refractivity contribution is 7.80. The summed E-state index contributed by atoms with van der Waals surface area (Å²) >= 11 is 5.91. The summed E-state index contributed by atoms with van der Waals surface area (Å²) in [4.78, 5) is 7.07. The zero-order valence-electron chi connectivity index (χ0n) is 22.0. The van der Waals surface area contributed by atoms with Crippen molar-refractivity contribution in [2.24, 2.45) is 0 Å². The van der Waals surface area contributed by atoms with Gasteiger partial charge in [0.1, 0.15) is 0 Å². The van der Waals surface area contributed by atoms with Gasteiger partial charge in [-0.05, 0) is 99.4 Å². The number of aromatic nitrogens is 2. The van der Waals surface area contributed by atoms with E-state index in [0.717, 1.165) is 36.0 Å². The van der Waals surface area contributed by atoms with Crippen LogP contribution in [-0.4, -0.2) is 32.7 Å². The molecule has 0 spiro atoms. The molecule has 0 aliphatic carbocycles. The topological polar surface area (TPSA) is 45.1 Å². The molecule has 1 aliphatic heterocycles. The number of nitrogens with zero attached hydrogens (tertiary/aromatic N) is 3. The number of anilines is 1. The lowest BCUT2D eigenvalue weighted by Crippen LogP contribution is -2.31. The molecular formula is C31H35N5S.